The topological polar surface area (TPSA) is 21.3 Å². The van der Waals surface area contributed by atoms with Crippen molar-refractivity contribution in [2.24, 2.45) is 0 Å². The van der Waals surface area contributed by atoms with Gasteiger partial charge in [0.05, 0.1) is 0 Å². The molecule has 1 N–H and O–H groups in total. The summed E-state index contributed by atoms with van der Waals surface area (Å²) in [6.07, 6.45) is 8.89. The van der Waals surface area contributed by atoms with E-state index >= 15 is 0 Å². The lowest BCUT2D eigenvalue weighted by Gasteiger charge is -2.28. The Kier molecular flexibility index (Phi) is 7.49. The Labute approximate surface area is 98.5 Å². The van der Waals surface area contributed by atoms with E-state index in [4.69, 9.17) is 4.74 Å². The molecule has 0 spiro atoms. The number of rotatable bonds is 7. The van der Waals surface area contributed by atoms with Crippen LogP contribution in [-0.2, 0) is 4.74 Å². The van der Waals surface area contributed by atoms with Crippen molar-refractivity contribution in [1.29, 1.82) is 0 Å². The molecule has 0 aliphatic heterocycles. The van der Waals surface area contributed by atoms with Crippen molar-refractivity contribution in [2.45, 2.75) is 50.3 Å². The maximum absolute atomic E-state index is 5.31. The molecule has 1 aliphatic carbocycles. The lowest BCUT2D eigenvalue weighted by atomic mass is 9.95. The minimum Gasteiger partial charge on any atom is -0.382 e. The second-order valence-corrected chi connectivity index (χ2v) is 5.35. The van der Waals surface area contributed by atoms with E-state index in [-0.39, 0.29) is 0 Å². The average Bonchev–Trinajstić information content (AvgIpc) is 2.30. The molecule has 0 amide bonds. The summed E-state index contributed by atoms with van der Waals surface area (Å²) in [6.45, 7) is 4.92. The average molecular weight is 231 g/mol. The molecule has 3 heteroatoms. The molecule has 1 aliphatic rings. The number of hydrogen-bond acceptors (Lipinski definition) is 3. The monoisotopic (exact) mass is 231 g/mol. The maximum Gasteiger partial charge on any atom is 0.0477 e. The van der Waals surface area contributed by atoms with Gasteiger partial charge in [-0.3, -0.25) is 0 Å². The first kappa shape index (κ1) is 13.3. The third-order valence-corrected chi connectivity index (χ3v) is 4.25. The summed E-state index contributed by atoms with van der Waals surface area (Å²) in [7, 11) is 0. The summed E-state index contributed by atoms with van der Waals surface area (Å²) in [5.74, 6) is 0. The van der Waals surface area contributed by atoms with Crippen LogP contribution in [-0.4, -0.2) is 37.3 Å². The van der Waals surface area contributed by atoms with Gasteiger partial charge in [-0.25, -0.2) is 0 Å². The van der Waals surface area contributed by atoms with Crippen LogP contribution in [0.2, 0.25) is 0 Å². The van der Waals surface area contributed by atoms with Crippen LogP contribution in [0, 0.1) is 0 Å². The van der Waals surface area contributed by atoms with E-state index in [0.29, 0.717) is 0 Å². The van der Waals surface area contributed by atoms with Gasteiger partial charge in [0.2, 0.25) is 0 Å². The van der Waals surface area contributed by atoms with Gasteiger partial charge >= 0.3 is 0 Å². The molecule has 2 nitrogen and oxygen atoms in total. The van der Waals surface area contributed by atoms with E-state index in [1.807, 2.05) is 11.8 Å². The summed E-state index contributed by atoms with van der Waals surface area (Å²) in [4.78, 5) is 0. The SMILES string of the molecule is CCOCCCNC1CCC(SC)CC1. The van der Waals surface area contributed by atoms with Crippen LogP contribution in [0.1, 0.15) is 39.0 Å². The first-order valence-corrected chi connectivity index (χ1v) is 7.49. The van der Waals surface area contributed by atoms with Gasteiger partial charge in [-0.2, -0.15) is 11.8 Å². The predicted octanol–water partition coefficient (Wildman–Crippen LogP) is 2.68. The Bertz CT molecular complexity index is 147. The highest BCUT2D eigenvalue weighted by Gasteiger charge is 2.19. The summed E-state index contributed by atoms with van der Waals surface area (Å²) in [5, 5.41) is 4.56. The van der Waals surface area contributed by atoms with E-state index in [1.165, 1.54) is 25.7 Å². The lowest BCUT2D eigenvalue weighted by Crippen LogP contribution is -2.34. The normalized spacial score (nSPS) is 26.8. The molecule has 0 bridgehead atoms. The fourth-order valence-electron chi connectivity index (χ4n) is 2.13. The highest BCUT2D eigenvalue weighted by molar-refractivity contribution is 7.99. The first-order chi connectivity index (χ1) is 7.36. The van der Waals surface area contributed by atoms with Crippen LogP contribution in [0.15, 0.2) is 0 Å². The summed E-state index contributed by atoms with van der Waals surface area (Å²) in [5.41, 5.74) is 0. The van der Waals surface area contributed by atoms with E-state index < -0.39 is 0 Å². The third-order valence-electron chi connectivity index (χ3n) is 3.11. The Hall–Kier alpha value is 0.270. The van der Waals surface area contributed by atoms with Crippen molar-refractivity contribution in [3.63, 3.8) is 0 Å². The molecule has 0 aromatic carbocycles. The minimum absolute atomic E-state index is 0.773. The van der Waals surface area contributed by atoms with Gasteiger partial charge in [-0.1, -0.05) is 0 Å². The molecule has 0 unspecified atom stereocenters. The van der Waals surface area contributed by atoms with Gasteiger partial charge in [0.1, 0.15) is 0 Å². The first-order valence-electron chi connectivity index (χ1n) is 6.20. The van der Waals surface area contributed by atoms with Gasteiger partial charge in [-0.15, -0.1) is 0 Å². The molecule has 0 heterocycles. The van der Waals surface area contributed by atoms with Crippen molar-refractivity contribution < 1.29 is 4.74 Å². The number of nitrogens with one attached hydrogen (secondary N) is 1. The van der Waals surface area contributed by atoms with Crippen LogP contribution >= 0.6 is 11.8 Å². The summed E-state index contributed by atoms with van der Waals surface area (Å²) >= 11 is 2.03. The van der Waals surface area contributed by atoms with Crippen molar-refractivity contribution in [3.05, 3.63) is 0 Å². The van der Waals surface area contributed by atoms with Crippen LogP contribution < -0.4 is 5.32 Å². The second-order valence-electron chi connectivity index (χ2n) is 4.21. The summed E-state index contributed by atoms with van der Waals surface area (Å²) < 4.78 is 5.31. The molecule has 0 radical (unpaired) electrons. The molecule has 90 valence electrons. The smallest absolute Gasteiger partial charge is 0.0477 e. The molecule has 0 saturated heterocycles. The van der Waals surface area contributed by atoms with Crippen LogP contribution in [0.25, 0.3) is 0 Å². The molecule has 1 rings (SSSR count). The number of thioether (sulfide) groups is 1. The molecule has 0 aromatic heterocycles. The zero-order valence-electron chi connectivity index (χ0n) is 10.1. The zero-order chi connectivity index (χ0) is 10.9. The molecular formula is C12H25NOS. The van der Waals surface area contributed by atoms with Gasteiger partial charge < -0.3 is 10.1 Å². The fraction of sp³-hybridized carbons (Fsp3) is 1.00. The molecular weight excluding hydrogens is 206 g/mol. The van der Waals surface area contributed by atoms with Crippen molar-refractivity contribution in [2.75, 3.05) is 26.0 Å². The fourth-order valence-corrected chi connectivity index (χ4v) is 2.87. The standard InChI is InChI=1S/C12H25NOS/c1-3-14-10-4-9-13-11-5-7-12(15-2)8-6-11/h11-13H,3-10H2,1-2H3. The Morgan fingerprint density at radius 2 is 2.00 bits per heavy atom. The maximum atomic E-state index is 5.31. The lowest BCUT2D eigenvalue weighted by molar-refractivity contribution is 0.143. The summed E-state index contributed by atoms with van der Waals surface area (Å²) in [6, 6.07) is 0.773. The van der Waals surface area contributed by atoms with Gasteiger partial charge in [0, 0.05) is 24.5 Å². The van der Waals surface area contributed by atoms with Gasteiger partial charge in [0.15, 0.2) is 0 Å². The molecule has 1 saturated carbocycles. The highest BCUT2D eigenvalue weighted by atomic mass is 32.2. The van der Waals surface area contributed by atoms with Crippen molar-refractivity contribution in [3.8, 4) is 0 Å². The van der Waals surface area contributed by atoms with Crippen LogP contribution in [0.5, 0.6) is 0 Å². The Morgan fingerprint density at radius 1 is 1.27 bits per heavy atom. The number of ether oxygens (including phenoxy) is 1. The van der Waals surface area contributed by atoms with Crippen LogP contribution in [0.3, 0.4) is 0 Å². The third kappa shape index (κ3) is 5.79. The largest absolute Gasteiger partial charge is 0.382 e. The number of hydrogen-bond donors (Lipinski definition) is 1. The zero-order valence-corrected chi connectivity index (χ0v) is 10.9. The molecule has 1 fully saturated rings. The van der Waals surface area contributed by atoms with Gasteiger partial charge in [-0.05, 0) is 51.8 Å². The van der Waals surface area contributed by atoms with E-state index in [0.717, 1.165) is 37.5 Å². The molecule has 15 heavy (non-hydrogen) atoms. The Morgan fingerprint density at radius 3 is 2.60 bits per heavy atom. The van der Waals surface area contributed by atoms with Gasteiger partial charge in [0.25, 0.3) is 0 Å². The molecule has 0 aromatic rings. The molecule has 0 atom stereocenters. The Balaban J connectivity index is 1.94. The van der Waals surface area contributed by atoms with E-state index in [2.05, 4.69) is 18.5 Å². The van der Waals surface area contributed by atoms with Crippen molar-refractivity contribution >= 4 is 11.8 Å². The highest BCUT2D eigenvalue weighted by Crippen LogP contribution is 2.26. The van der Waals surface area contributed by atoms with Crippen molar-refractivity contribution in [1.82, 2.24) is 5.32 Å². The van der Waals surface area contributed by atoms with E-state index in [1.54, 1.807) is 0 Å². The second kappa shape index (κ2) is 8.43. The van der Waals surface area contributed by atoms with E-state index in [9.17, 15) is 0 Å². The quantitative estimate of drug-likeness (QED) is 0.681. The van der Waals surface area contributed by atoms with Crippen LogP contribution in [0.4, 0.5) is 0 Å². The predicted molar refractivity (Wildman–Crippen MR) is 68.7 cm³/mol. The minimum atomic E-state index is 0.773.